The van der Waals surface area contributed by atoms with Gasteiger partial charge in [0.05, 0.1) is 33.2 Å². The molecule has 162 valence electrons. The van der Waals surface area contributed by atoms with Gasteiger partial charge in [0.2, 0.25) is 15.9 Å². The van der Waals surface area contributed by atoms with Crippen molar-refractivity contribution >= 4 is 56.4 Å². The summed E-state index contributed by atoms with van der Waals surface area (Å²) in [6, 6.07) is 10.8. The maximum atomic E-state index is 12.6. The Labute approximate surface area is 186 Å². The van der Waals surface area contributed by atoms with Crippen molar-refractivity contribution in [2.24, 2.45) is 0 Å². The van der Waals surface area contributed by atoms with E-state index < -0.39 is 22.5 Å². The molecule has 0 aliphatic rings. The molecule has 0 fully saturated rings. The number of rotatable bonds is 9. The Hall–Kier alpha value is -2.29. The molecule has 0 aromatic heterocycles. The summed E-state index contributed by atoms with van der Waals surface area (Å²) in [4.78, 5) is 25.0. The second kappa shape index (κ2) is 10.7. The van der Waals surface area contributed by atoms with Crippen molar-refractivity contribution < 1.29 is 18.0 Å². The van der Waals surface area contributed by atoms with Crippen LogP contribution in [0.5, 0.6) is 0 Å². The third-order valence-electron chi connectivity index (χ3n) is 4.14. The van der Waals surface area contributed by atoms with Gasteiger partial charge in [-0.15, -0.1) is 0 Å². The van der Waals surface area contributed by atoms with Gasteiger partial charge in [-0.25, -0.2) is 8.42 Å². The average molecular weight is 472 g/mol. The molecule has 0 atom stereocenters. The molecule has 2 N–H and O–H groups in total. The first-order valence-electron chi connectivity index (χ1n) is 9.23. The molecule has 30 heavy (non-hydrogen) atoms. The van der Waals surface area contributed by atoms with Crippen LogP contribution in [-0.4, -0.2) is 39.6 Å². The zero-order valence-corrected chi connectivity index (χ0v) is 18.9. The second-order valence-corrected chi connectivity index (χ2v) is 9.29. The van der Waals surface area contributed by atoms with E-state index in [4.69, 9.17) is 23.2 Å². The van der Waals surface area contributed by atoms with Gasteiger partial charge in [0.15, 0.2) is 0 Å². The van der Waals surface area contributed by atoms with Crippen LogP contribution < -0.4 is 14.9 Å². The molecule has 0 saturated heterocycles. The van der Waals surface area contributed by atoms with Crippen molar-refractivity contribution in [3.8, 4) is 0 Å². The van der Waals surface area contributed by atoms with Crippen LogP contribution in [0.1, 0.15) is 30.1 Å². The highest BCUT2D eigenvalue weighted by atomic mass is 35.5. The summed E-state index contributed by atoms with van der Waals surface area (Å²) in [5.74, 6) is -0.927. The Kier molecular flexibility index (Phi) is 8.52. The van der Waals surface area contributed by atoms with Crippen molar-refractivity contribution in [2.75, 3.05) is 29.0 Å². The quantitative estimate of drug-likeness (QED) is 0.541. The van der Waals surface area contributed by atoms with E-state index in [-0.39, 0.29) is 21.6 Å². The average Bonchev–Trinajstić information content (AvgIpc) is 2.68. The molecule has 10 heteroatoms. The molecule has 2 rings (SSSR count). The molecule has 2 amide bonds. The topological polar surface area (TPSA) is 95.6 Å². The fourth-order valence-electron chi connectivity index (χ4n) is 2.62. The predicted octanol–water partition coefficient (Wildman–Crippen LogP) is 3.93. The molecule has 0 radical (unpaired) electrons. The molecule has 0 aliphatic carbocycles. The number of unbranched alkanes of at least 4 members (excludes halogenated alkanes) is 1. The number of hydrogen-bond acceptors (Lipinski definition) is 4. The molecule has 0 heterocycles. The van der Waals surface area contributed by atoms with Gasteiger partial charge in [-0.1, -0.05) is 48.7 Å². The Morgan fingerprint density at radius 3 is 2.40 bits per heavy atom. The third kappa shape index (κ3) is 6.62. The van der Waals surface area contributed by atoms with Gasteiger partial charge in [0.1, 0.15) is 6.54 Å². The van der Waals surface area contributed by atoms with E-state index in [9.17, 15) is 18.0 Å². The van der Waals surface area contributed by atoms with Crippen LogP contribution in [0.4, 0.5) is 11.4 Å². The number of hydrogen-bond donors (Lipinski definition) is 2. The highest BCUT2D eigenvalue weighted by Crippen LogP contribution is 2.28. The van der Waals surface area contributed by atoms with Crippen molar-refractivity contribution in [3.63, 3.8) is 0 Å². The molecule has 0 saturated carbocycles. The number of carbonyl (C=O) groups excluding carboxylic acids is 2. The third-order valence-corrected chi connectivity index (χ3v) is 6.02. The summed E-state index contributed by atoms with van der Waals surface area (Å²) in [5, 5.41) is 5.84. The van der Waals surface area contributed by atoms with E-state index in [2.05, 4.69) is 10.6 Å². The maximum Gasteiger partial charge on any atom is 0.253 e. The van der Waals surface area contributed by atoms with Crippen LogP contribution in [-0.2, 0) is 14.8 Å². The number of sulfonamides is 1. The van der Waals surface area contributed by atoms with E-state index in [0.29, 0.717) is 17.8 Å². The van der Waals surface area contributed by atoms with Crippen molar-refractivity contribution in [1.82, 2.24) is 5.32 Å². The van der Waals surface area contributed by atoms with Gasteiger partial charge < -0.3 is 10.6 Å². The Balaban J connectivity index is 2.20. The SMILES string of the molecule is CCCCNC(=O)c1ccccc1NC(=O)CN(c1ccc(Cl)c(Cl)c1)S(C)(=O)=O. The lowest BCUT2D eigenvalue weighted by Crippen LogP contribution is -2.37. The molecule has 7 nitrogen and oxygen atoms in total. The van der Waals surface area contributed by atoms with E-state index >= 15 is 0 Å². The fraction of sp³-hybridized carbons (Fsp3) is 0.300. The normalized spacial score (nSPS) is 11.1. The Morgan fingerprint density at radius 1 is 1.07 bits per heavy atom. The monoisotopic (exact) mass is 471 g/mol. The summed E-state index contributed by atoms with van der Waals surface area (Å²) in [7, 11) is -3.78. The number of nitrogens with zero attached hydrogens (tertiary/aromatic N) is 1. The number of nitrogens with one attached hydrogen (secondary N) is 2. The van der Waals surface area contributed by atoms with Gasteiger partial charge in [0, 0.05) is 6.54 Å². The molecule has 0 spiro atoms. The van der Waals surface area contributed by atoms with E-state index in [1.807, 2.05) is 6.92 Å². The van der Waals surface area contributed by atoms with E-state index in [1.165, 1.54) is 18.2 Å². The summed E-state index contributed by atoms with van der Waals surface area (Å²) in [6.07, 6.45) is 2.76. The standard InChI is InChI=1S/C20H23Cl2N3O4S/c1-3-4-11-23-20(27)15-7-5-6-8-18(15)24-19(26)13-25(30(2,28)29)14-9-10-16(21)17(22)12-14/h5-10,12H,3-4,11,13H2,1-2H3,(H,23,27)(H,24,26). The molecule has 0 aliphatic heterocycles. The van der Waals surface area contributed by atoms with Gasteiger partial charge in [0.25, 0.3) is 5.91 Å². The van der Waals surface area contributed by atoms with Crippen LogP contribution in [0.2, 0.25) is 10.0 Å². The summed E-state index contributed by atoms with van der Waals surface area (Å²) in [5.41, 5.74) is 0.786. The molecular weight excluding hydrogens is 449 g/mol. The molecule has 2 aromatic rings. The van der Waals surface area contributed by atoms with Crippen LogP contribution in [0.15, 0.2) is 42.5 Å². The minimum atomic E-state index is -3.78. The highest BCUT2D eigenvalue weighted by Gasteiger charge is 2.22. The molecule has 0 bridgehead atoms. The lowest BCUT2D eigenvalue weighted by molar-refractivity contribution is -0.114. The van der Waals surface area contributed by atoms with Crippen molar-refractivity contribution in [2.45, 2.75) is 19.8 Å². The zero-order valence-electron chi connectivity index (χ0n) is 16.6. The van der Waals surface area contributed by atoms with Crippen LogP contribution in [0.25, 0.3) is 0 Å². The van der Waals surface area contributed by atoms with Gasteiger partial charge in [-0.3, -0.25) is 13.9 Å². The number of benzene rings is 2. The first kappa shape index (κ1) is 24.0. The summed E-state index contributed by atoms with van der Waals surface area (Å²) >= 11 is 11.9. The Morgan fingerprint density at radius 2 is 1.77 bits per heavy atom. The maximum absolute atomic E-state index is 12.6. The minimum Gasteiger partial charge on any atom is -0.352 e. The largest absolute Gasteiger partial charge is 0.352 e. The first-order valence-corrected chi connectivity index (χ1v) is 11.8. The van der Waals surface area contributed by atoms with Crippen LogP contribution in [0, 0.1) is 0 Å². The number of anilines is 2. The Bertz CT molecular complexity index is 1030. The molecular formula is C20H23Cl2N3O4S. The number of halogens is 2. The summed E-state index contributed by atoms with van der Waals surface area (Å²) < 4.78 is 25.4. The smallest absolute Gasteiger partial charge is 0.253 e. The van der Waals surface area contributed by atoms with Crippen LogP contribution >= 0.6 is 23.2 Å². The number of para-hydroxylation sites is 1. The molecule has 2 aromatic carbocycles. The molecule has 0 unspecified atom stereocenters. The van der Waals surface area contributed by atoms with Crippen LogP contribution in [0.3, 0.4) is 0 Å². The van der Waals surface area contributed by atoms with Gasteiger partial charge >= 0.3 is 0 Å². The summed E-state index contributed by atoms with van der Waals surface area (Å²) in [6.45, 7) is 2.04. The highest BCUT2D eigenvalue weighted by molar-refractivity contribution is 7.92. The van der Waals surface area contributed by atoms with Crippen molar-refractivity contribution in [3.05, 3.63) is 58.1 Å². The fourth-order valence-corrected chi connectivity index (χ4v) is 3.77. The lowest BCUT2D eigenvalue weighted by Gasteiger charge is -2.22. The predicted molar refractivity (Wildman–Crippen MR) is 121 cm³/mol. The van der Waals surface area contributed by atoms with Crippen molar-refractivity contribution in [1.29, 1.82) is 0 Å². The van der Waals surface area contributed by atoms with Gasteiger partial charge in [-0.05, 0) is 36.8 Å². The lowest BCUT2D eigenvalue weighted by atomic mass is 10.1. The second-order valence-electron chi connectivity index (χ2n) is 6.57. The number of amides is 2. The first-order chi connectivity index (χ1) is 14.1. The van der Waals surface area contributed by atoms with E-state index in [1.54, 1.807) is 24.3 Å². The number of carbonyl (C=O) groups is 2. The zero-order chi connectivity index (χ0) is 22.3. The minimum absolute atomic E-state index is 0.164. The van der Waals surface area contributed by atoms with E-state index in [0.717, 1.165) is 23.4 Å². The van der Waals surface area contributed by atoms with Gasteiger partial charge in [-0.2, -0.15) is 0 Å².